The first-order valence-corrected chi connectivity index (χ1v) is 5.87. The lowest BCUT2D eigenvalue weighted by Crippen LogP contribution is -2.11. The predicted octanol–water partition coefficient (Wildman–Crippen LogP) is 1.35. The minimum atomic E-state index is -3.46. The Labute approximate surface area is 83.4 Å². The van der Waals surface area contributed by atoms with E-state index in [1.807, 2.05) is 4.72 Å². The van der Waals surface area contributed by atoms with Gasteiger partial charge in [-0.25, -0.2) is 13.4 Å². The maximum atomic E-state index is 12.9. The second-order valence-corrected chi connectivity index (χ2v) is 4.91. The Balaban J connectivity index is 3.04. The Morgan fingerprint density at radius 3 is 2.62 bits per heavy atom. The van der Waals surface area contributed by atoms with Gasteiger partial charge in [0.25, 0.3) is 0 Å². The van der Waals surface area contributed by atoms with E-state index in [0.717, 1.165) is 6.26 Å². The lowest BCUT2D eigenvalue weighted by Gasteiger charge is -2.03. The summed E-state index contributed by atoms with van der Waals surface area (Å²) in [7, 11) is -3.46. The molecule has 13 heavy (non-hydrogen) atoms. The van der Waals surface area contributed by atoms with Crippen LogP contribution in [0.3, 0.4) is 0 Å². The van der Waals surface area contributed by atoms with Gasteiger partial charge in [-0.05, 0) is 28.1 Å². The topological polar surface area (TPSA) is 59.1 Å². The van der Waals surface area contributed by atoms with Crippen LogP contribution in [0.5, 0.6) is 0 Å². The monoisotopic (exact) mass is 268 g/mol. The molecule has 0 radical (unpaired) electrons. The molecule has 0 saturated carbocycles. The molecule has 0 unspecified atom stereocenters. The highest BCUT2D eigenvalue weighted by atomic mass is 79.9. The molecule has 1 rings (SSSR count). The minimum absolute atomic E-state index is 0.161. The van der Waals surface area contributed by atoms with E-state index in [-0.39, 0.29) is 5.69 Å². The Morgan fingerprint density at radius 1 is 1.54 bits per heavy atom. The van der Waals surface area contributed by atoms with Gasteiger partial charge in [-0.2, -0.15) is 4.39 Å². The van der Waals surface area contributed by atoms with Crippen molar-refractivity contribution < 1.29 is 12.8 Å². The van der Waals surface area contributed by atoms with E-state index >= 15 is 0 Å². The van der Waals surface area contributed by atoms with Gasteiger partial charge in [0, 0.05) is 0 Å². The summed E-state index contributed by atoms with van der Waals surface area (Å²) in [5.41, 5.74) is -0.161. The van der Waals surface area contributed by atoms with E-state index in [9.17, 15) is 12.8 Å². The van der Waals surface area contributed by atoms with Crippen LogP contribution in [0, 0.1) is 5.95 Å². The standard InChI is InChI=1S/C6H6BrFN2O2S/c1-13(11,12)10-4-2-3-5(7)9-6(4)8/h2-3,10H,1H3. The summed E-state index contributed by atoms with van der Waals surface area (Å²) in [6.07, 6.45) is 0.939. The van der Waals surface area contributed by atoms with Gasteiger partial charge in [0.2, 0.25) is 16.0 Å². The fourth-order valence-corrected chi connectivity index (χ4v) is 1.53. The van der Waals surface area contributed by atoms with Crippen molar-refractivity contribution in [2.24, 2.45) is 0 Å². The number of nitrogens with one attached hydrogen (secondary N) is 1. The molecule has 0 aliphatic carbocycles. The van der Waals surface area contributed by atoms with Crippen molar-refractivity contribution in [2.45, 2.75) is 0 Å². The van der Waals surface area contributed by atoms with Gasteiger partial charge in [0.05, 0.1) is 6.26 Å². The third kappa shape index (κ3) is 3.27. The molecule has 0 aliphatic rings. The smallest absolute Gasteiger partial charge is 0.238 e. The highest BCUT2D eigenvalue weighted by molar-refractivity contribution is 9.10. The largest absolute Gasteiger partial charge is 0.279 e. The molecule has 0 bridgehead atoms. The third-order valence-corrected chi connectivity index (χ3v) is 2.14. The molecule has 4 nitrogen and oxygen atoms in total. The van der Waals surface area contributed by atoms with Crippen LogP contribution in [0.1, 0.15) is 0 Å². The van der Waals surface area contributed by atoms with E-state index in [1.54, 1.807) is 0 Å². The maximum Gasteiger partial charge on any atom is 0.238 e. The third-order valence-electron chi connectivity index (χ3n) is 1.11. The average Bonchev–Trinajstić information content (AvgIpc) is 1.93. The van der Waals surface area contributed by atoms with Gasteiger partial charge in [0.15, 0.2) is 0 Å². The first kappa shape index (κ1) is 10.4. The number of rotatable bonds is 2. The van der Waals surface area contributed by atoms with E-state index < -0.39 is 16.0 Å². The number of halogens is 2. The van der Waals surface area contributed by atoms with E-state index in [1.165, 1.54) is 12.1 Å². The molecule has 1 N–H and O–H groups in total. The number of hydrogen-bond acceptors (Lipinski definition) is 3. The Kier molecular flexibility index (Phi) is 2.87. The van der Waals surface area contributed by atoms with Crippen LogP contribution in [0.4, 0.5) is 10.1 Å². The van der Waals surface area contributed by atoms with Crippen molar-refractivity contribution >= 4 is 31.6 Å². The second kappa shape index (κ2) is 3.59. The first-order chi connectivity index (χ1) is 5.88. The van der Waals surface area contributed by atoms with Gasteiger partial charge in [-0.15, -0.1) is 0 Å². The second-order valence-electron chi connectivity index (χ2n) is 2.35. The number of nitrogens with zero attached hydrogens (tertiary/aromatic N) is 1. The zero-order valence-corrected chi connectivity index (χ0v) is 8.99. The maximum absolute atomic E-state index is 12.9. The summed E-state index contributed by atoms with van der Waals surface area (Å²) in [6.45, 7) is 0. The predicted molar refractivity (Wildman–Crippen MR) is 50.4 cm³/mol. The number of pyridine rings is 1. The summed E-state index contributed by atoms with van der Waals surface area (Å²) in [5, 5.41) is 0. The molecule has 1 heterocycles. The van der Waals surface area contributed by atoms with Gasteiger partial charge in [-0.3, -0.25) is 4.72 Å². The molecule has 0 saturated heterocycles. The number of sulfonamides is 1. The zero-order chi connectivity index (χ0) is 10.1. The van der Waals surface area contributed by atoms with Crippen LogP contribution >= 0.6 is 15.9 Å². The SMILES string of the molecule is CS(=O)(=O)Nc1ccc(Br)nc1F. The lowest BCUT2D eigenvalue weighted by molar-refractivity contribution is 0.582. The molecule has 1 aromatic rings. The molecular formula is C6H6BrFN2O2S. The van der Waals surface area contributed by atoms with Crippen molar-refractivity contribution in [1.82, 2.24) is 4.98 Å². The fourth-order valence-electron chi connectivity index (χ4n) is 0.688. The van der Waals surface area contributed by atoms with Crippen LogP contribution < -0.4 is 4.72 Å². The van der Waals surface area contributed by atoms with Gasteiger partial charge in [-0.1, -0.05) is 0 Å². The van der Waals surface area contributed by atoms with Gasteiger partial charge >= 0.3 is 0 Å². The van der Waals surface area contributed by atoms with Crippen molar-refractivity contribution in [1.29, 1.82) is 0 Å². The Morgan fingerprint density at radius 2 is 2.15 bits per heavy atom. The molecule has 72 valence electrons. The van der Waals surface area contributed by atoms with Crippen molar-refractivity contribution in [3.05, 3.63) is 22.7 Å². The zero-order valence-electron chi connectivity index (χ0n) is 6.58. The minimum Gasteiger partial charge on any atom is -0.279 e. The number of anilines is 1. The highest BCUT2D eigenvalue weighted by Crippen LogP contribution is 2.16. The molecule has 0 fully saturated rings. The lowest BCUT2D eigenvalue weighted by atomic mass is 10.4. The van der Waals surface area contributed by atoms with E-state index in [2.05, 4.69) is 20.9 Å². The Bertz CT molecular complexity index is 421. The Hall–Kier alpha value is -0.690. The molecule has 0 spiro atoms. The van der Waals surface area contributed by atoms with Crippen molar-refractivity contribution in [2.75, 3.05) is 11.0 Å². The molecule has 0 aliphatic heterocycles. The molecule has 0 atom stereocenters. The highest BCUT2D eigenvalue weighted by Gasteiger charge is 2.08. The van der Waals surface area contributed by atoms with Crippen LogP contribution in [0.25, 0.3) is 0 Å². The number of aromatic nitrogens is 1. The van der Waals surface area contributed by atoms with Crippen LogP contribution in [-0.4, -0.2) is 19.7 Å². The summed E-state index contributed by atoms with van der Waals surface area (Å²) in [6, 6.07) is 2.73. The van der Waals surface area contributed by atoms with Gasteiger partial charge in [0.1, 0.15) is 10.3 Å². The molecular weight excluding hydrogens is 263 g/mol. The average molecular weight is 269 g/mol. The van der Waals surface area contributed by atoms with E-state index in [0.29, 0.717) is 4.60 Å². The summed E-state index contributed by atoms with van der Waals surface area (Å²) < 4.78 is 36.7. The van der Waals surface area contributed by atoms with Crippen LogP contribution in [-0.2, 0) is 10.0 Å². The van der Waals surface area contributed by atoms with Gasteiger partial charge < -0.3 is 0 Å². The molecule has 0 amide bonds. The molecule has 0 aromatic carbocycles. The van der Waals surface area contributed by atoms with Crippen LogP contribution in [0.2, 0.25) is 0 Å². The summed E-state index contributed by atoms with van der Waals surface area (Å²) >= 11 is 2.95. The fraction of sp³-hybridized carbons (Fsp3) is 0.167. The van der Waals surface area contributed by atoms with Crippen LogP contribution in [0.15, 0.2) is 16.7 Å². The first-order valence-electron chi connectivity index (χ1n) is 3.18. The quantitative estimate of drug-likeness (QED) is 0.824. The summed E-state index contributed by atoms with van der Waals surface area (Å²) in [5.74, 6) is -0.861. The normalized spacial score (nSPS) is 11.3. The molecule has 1 aromatic heterocycles. The number of hydrogen-bond donors (Lipinski definition) is 1. The van der Waals surface area contributed by atoms with Crippen molar-refractivity contribution in [3.8, 4) is 0 Å². The molecule has 7 heteroatoms. The summed E-state index contributed by atoms with van der Waals surface area (Å²) in [4.78, 5) is 3.38. The van der Waals surface area contributed by atoms with Crippen molar-refractivity contribution in [3.63, 3.8) is 0 Å². The van der Waals surface area contributed by atoms with E-state index in [4.69, 9.17) is 0 Å².